The van der Waals surface area contributed by atoms with Gasteiger partial charge in [-0.3, -0.25) is 0 Å². The fraction of sp³-hybridized carbons (Fsp3) is 0.833. The molecule has 0 aromatic carbocycles. The number of ether oxygens (including phenoxy) is 1. The highest BCUT2D eigenvalue weighted by Gasteiger charge is 2.14. The predicted octanol–water partition coefficient (Wildman–Crippen LogP) is 0.837. The van der Waals surface area contributed by atoms with Gasteiger partial charge in [0.05, 0.1) is 19.1 Å². The van der Waals surface area contributed by atoms with Crippen molar-refractivity contribution in [2.24, 2.45) is 0 Å². The second-order valence-corrected chi connectivity index (χ2v) is 4.57. The zero-order valence-corrected chi connectivity index (χ0v) is 11.2. The Morgan fingerprint density at radius 2 is 2.22 bits per heavy atom. The summed E-state index contributed by atoms with van der Waals surface area (Å²) < 4.78 is 11.0. The van der Waals surface area contributed by atoms with Crippen molar-refractivity contribution in [2.45, 2.75) is 32.3 Å². The highest BCUT2D eigenvalue weighted by atomic mass is 16.5. The molecule has 6 heteroatoms. The number of hydrogen-bond donors (Lipinski definition) is 1. The van der Waals surface area contributed by atoms with Crippen LogP contribution in [0.4, 0.5) is 5.95 Å². The molecule has 0 aliphatic carbocycles. The Morgan fingerprint density at radius 3 is 2.94 bits per heavy atom. The molecule has 1 fully saturated rings. The van der Waals surface area contributed by atoms with E-state index in [-0.39, 0.29) is 0 Å². The molecular formula is C12H22N4O2. The fourth-order valence-electron chi connectivity index (χ4n) is 1.92. The van der Waals surface area contributed by atoms with Gasteiger partial charge in [-0.25, -0.2) is 0 Å². The van der Waals surface area contributed by atoms with Gasteiger partial charge in [-0.2, -0.15) is 4.98 Å². The smallest absolute Gasteiger partial charge is 0.265 e. The van der Waals surface area contributed by atoms with Crippen LogP contribution in [0.3, 0.4) is 0 Å². The molecule has 1 aromatic rings. The number of aromatic nitrogens is 2. The Hall–Kier alpha value is -1.14. The van der Waals surface area contributed by atoms with Crippen LogP contribution in [-0.4, -0.2) is 49.5 Å². The van der Waals surface area contributed by atoms with Crippen molar-refractivity contribution in [2.75, 3.05) is 38.2 Å². The summed E-state index contributed by atoms with van der Waals surface area (Å²) in [7, 11) is 1.94. The monoisotopic (exact) mass is 254 g/mol. The lowest BCUT2D eigenvalue weighted by Gasteiger charge is -2.22. The molecule has 0 radical (unpaired) electrons. The van der Waals surface area contributed by atoms with Gasteiger partial charge in [-0.1, -0.05) is 0 Å². The summed E-state index contributed by atoms with van der Waals surface area (Å²) in [5.41, 5.74) is 0. The third kappa shape index (κ3) is 3.68. The molecule has 1 N–H and O–H groups in total. The summed E-state index contributed by atoms with van der Waals surface area (Å²) in [6.45, 7) is 5.68. The molecule has 2 heterocycles. The van der Waals surface area contributed by atoms with Crippen molar-refractivity contribution in [1.82, 2.24) is 15.5 Å². The molecule has 2 rings (SSSR count). The zero-order chi connectivity index (χ0) is 12.8. The van der Waals surface area contributed by atoms with Gasteiger partial charge in [0.1, 0.15) is 0 Å². The third-order valence-electron chi connectivity index (χ3n) is 3.23. The van der Waals surface area contributed by atoms with Gasteiger partial charge in [0.25, 0.3) is 5.95 Å². The van der Waals surface area contributed by atoms with E-state index in [1.165, 1.54) is 0 Å². The van der Waals surface area contributed by atoms with Crippen molar-refractivity contribution in [3.63, 3.8) is 0 Å². The van der Waals surface area contributed by atoms with Crippen molar-refractivity contribution in [1.29, 1.82) is 0 Å². The first-order valence-corrected chi connectivity index (χ1v) is 6.65. The largest absolute Gasteiger partial charge is 0.378 e. The molecule has 1 aromatic heterocycles. The van der Waals surface area contributed by atoms with Gasteiger partial charge in [-0.05, 0) is 38.0 Å². The minimum atomic E-state index is 0.381. The summed E-state index contributed by atoms with van der Waals surface area (Å²) in [5, 5.41) is 7.25. The normalized spacial score (nSPS) is 17.0. The molecule has 102 valence electrons. The van der Waals surface area contributed by atoms with Crippen molar-refractivity contribution >= 4 is 5.95 Å². The molecule has 0 saturated carbocycles. The molecule has 0 spiro atoms. The topological polar surface area (TPSA) is 63.4 Å². The first kappa shape index (κ1) is 13.3. The molecule has 0 atom stereocenters. The molecular weight excluding hydrogens is 232 g/mol. The molecule has 6 nitrogen and oxygen atoms in total. The number of rotatable bonds is 6. The van der Waals surface area contributed by atoms with Crippen LogP contribution in [0.2, 0.25) is 0 Å². The van der Waals surface area contributed by atoms with Crippen molar-refractivity contribution in [3.05, 3.63) is 5.89 Å². The summed E-state index contributed by atoms with van der Waals surface area (Å²) in [6.07, 6.45) is 3.25. The Morgan fingerprint density at radius 1 is 1.44 bits per heavy atom. The lowest BCUT2D eigenvalue weighted by atomic mass is 10.1. The average Bonchev–Trinajstić information content (AvgIpc) is 2.88. The van der Waals surface area contributed by atoms with Gasteiger partial charge in [0, 0.05) is 13.6 Å². The summed E-state index contributed by atoms with van der Waals surface area (Å²) in [4.78, 5) is 6.26. The fourth-order valence-corrected chi connectivity index (χ4v) is 1.92. The molecule has 0 bridgehead atoms. The van der Waals surface area contributed by atoms with E-state index < -0.39 is 0 Å². The lowest BCUT2D eigenvalue weighted by Crippen LogP contribution is -2.32. The van der Waals surface area contributed by atoms with E-state index in [4.69, 9.17) is 9.26 Å². The minimum absolute atomic E-state index is 0.381. The standard InChI is InChI=1S/C12H22N4O2/c1-3-16(2)12-14-11(18-15-12)6-9-17-10-4-7-13-8-5-10/h10,13H,3-9H2,1-2H3. The van der Waals surface area contributed by atoms with Gasteiger partial charge in [0.2, 0.25) is 5.89 Å². The van der Waals surface area contributed by atoms with Crippen LogP contribution < -0.4 is 10.2 Å². The van der Waals surface area contributed by atoms with E-state index in [1.54, 1.807) is 0 Å². The van der Waals surface area contributed by atoms with Crippen LogP contribution in [0, 0.1) is 0 Å². The average molecular weight is 254 g/mol. The first-order chi connectivity index (χ1) is 8.79. The molecule has 1 saturated heterocycles. The highest BCUT2D eigenvalue weighted by molar-refractivity contribution is 5.24. The maximum atomic E-state index is 5.80. The number of nitrogens with zero attached hydrogens (tertiary/aromatic N) is 3. The van der Waals surface area contributed by atoms with E-state index in [0.29, 0.717) is 31.0 Å². The van der Waals surface area contributed by atoms with E-state index in [0.717, 1.165) is 32.5 Å². The van der Waals surface area contributed by atoms with Crippen LogP contribution >= 0.6 is 0 Å². The predicted molar refractivity (Wildman–Crippen MR) is 68.8 cm³/mol. The van der Waals surface area contributed by atoms with E-state index in [2.05, 4.69) is 22.4 Å². The van der Waals surface area contributed by atoms with E-state index in [1.807, 2.05) is 11.9 Å². The zero-order valence-electron chi connectivity index (χ0n) is 11.2. The maximum Gasteiger partial charge on any atom is 0.265 e. The molecule has 1 aliphatic rings. The number of piperidine rings is 1. The Bertz CT molecular complexity index is 350. The number of nitrogens with one attached hydrogen (secondary N) is 1. The third-order valence-corrected chi connectivity index (χ3v) is 3.23. The second kappa shape index (κ2) is 6.70. The summed E-state index contributed by atoms with van der Waals surface area (Å²) in [6, 6.07) is 0. The second-order valence-electron chi connectivity index (χ2n) is 4.57. The van der Waals surface area contributed by atoms with Gasteiger partial charge in [-0.15, -0.1) is 0 Å². The highest BCUT2D eigenvalue weighted by Crippen LogP contribution is 2.10. The van der Waals surface area contributed by atoms with Crippen LogP contribution in [0.5, 0.6) is 0 Å². The van der Waals surface area contributed by atoms with Gasteiger partial charge in [0.15, 0.2) is 0 Å². The molecule has 0 unspecified atom stereocenters. The lowest BCUT2D eigenvalue weighted by molar-refractivity contribution is 0.0322. The first-order valence-electron chi connectivity index (χ1n) is 6.65. The Kier molecular flexibility index (Phi) is 4.95. The Balaban J connectivity index is 1.71. The molecule has 0 amide bonds. The molecule has 1 aliphatic heterocycles. The quantitative estimate of drug-likeness (QED) is 0.811. The maximum absolute atomic E-state index is 5.80. The molecule has 18 heavy (non-hydrogen) atoms. The number of hydrogen-bond acceptors (Lipinski definition) is 6. The van der Waals surface area contributed by atoms with Crippen molar-refractivity contribution < 1.29 is 9.26 Å². The van der Waals surface area contributed by atoms with E-state index in [9.17, 15) is 0 Å². The van der Waals surface area contributed by atoms with Crippen LogP contribution in [0.1, 0.15) is 25.7 Å². The van der Waals surface area contributed by atoms with Crippen LogP contribution in [-0.2, 0) is 11.2 Å². The summed E-state index contributed by atoms with van der Waals surface area (Å²) in [5.74, 6) is 1.30. The minimum Gasteiger partial charge on any atom is -0.378 e. The van der Waals surface area contributed by atoms with Crippen molar-refractivity contribution in [3.8, 4) is 0 Å². The van der Waals surface area contributed by atoms with Gasteiger partial charge < -0.3 is 19.5 Å². The number of anilines is 1. The Labute approximate surface area is 108 Å². The summed E-state index contributed by atoms with van der Waals surface area (Å²) >= 11 is 0. The van der Waals surface area contributed by atoms with E-state index >= 15 is 0 Å². The van der Waals surface area contributed by atoms with Gasteiger partial charge >= 0.3 is 0 Å². The van der Waals surface area contributed by atoms with Crippen LogP contribution in [0.15, 0.2) is 4.52 Å². The van der Waals surface area contributed by atoms with Crippen LogP contribution in [0.25, 0.3) is 0 Å². The SMILES string of the molecule is CCN(C)c1noc(CCOC2CCNCC2)n1.